The second-order valence-electron chi connectivity index (χ2n) is 3.23. The van der Waals surface area contributed by atoms with E-state index in [1.165, 1.54) is 41.4 Å². The molecule has 1 aromatic rings. The van der Waals surface area contributed by atoms with Crippen molar-refractivity contribution in [2.45, 2.75) is 30.1 Å². The Morgan fingerprint density at radius 1 is 1.08 bits per heavy atom. The molecular formula is C11H17Sb. The summed E-state index contributed by atoms with van der Waals surface area (Å²) in [6, 6.07) is 10.9. The molecule has 0 aliphatic carbocycles. The molecule has 12 heavy (non-hydrogen) atoms. The van der Waals surface area contributed by atoms with E-state index in [1.54, 1.807) is 0 Å². The van der Waals surface area contributed by atoms with E-state index in [-0.39, 0.29) is 0 Å². The molecule has 1 heteroatoms. The van der Waals surface area contributed by atoms with Crippen LogP contribution in [0.3, 0.4) is 0 Å². The van der Waals surface area contributed by atoms with E-state index in [0.29, 0.717) is 3.36 Å². The van der Waals surface area contributed by atoms with Gasteiger partial charge in [0, 0.05) is 0 Å². The maximum absolute atomic E-state index is 2.29. The molecule has 0 fully saturated rings. The van der Waals surface area contributed by atoms with Gasteiger partial charge >= 0.3 is 89.0 Å². The summed E-state index contributed by atoms with van der Waals surface area (Å²) in [5, 5.41) is 0. The molecule has 0 N–H and O–H groups in total. The zero-order valence-electron chi connectivity index (χ0n) is 7.88. The van der Waals surface area contributed by atoms with Crippen LogP contribution in [0.4, 0.5) is 0 Å². The van der Waals surface area contributed by atoms with Gasteiger partial charge < -0.3 is 0 Å². The van der Waals surface area contributed by atoms with Crippen LogP contribution in [0.1, 0.15) is 32.3 Å². The molecule has 0 atom stereocenters. The molecule has 0 saturated carbocycles. The number of rotatable bonds is 3. The topological polar surface area (TPSA) is 0 Å². The first kappa shape index (κ1) is 10.1. The van der Waals surface area contributed by atoms with Crippen molar-refractivity contribution in [3.63, 3.8) is 0 Å². The van der Waals surface area contributed by atoms with Crippen LogP contribution < -0.4 is 0 Å². The van der Waals surface area contributed by atoms with Crippen molar-refractivity contribution < 1.29 is 0 Å². The molecule has 0 amide bonds. The van der Waals surface area contributed by atoms with Crippen LogP contribution >= 0.6 is 0 Å². The minimum atomic E-state index is 0.506. The van der Waals surface area contributed by atoms with E-state index >= 15 is 0 Å². The zero-order chi connectivity index (χ0) is 9.03. The minimum absolute atomic E-state index is 0.506. The van der Waals surface area contributed by atoms with Crippen LogP contribution in [0.15, 0.2) is 30.3 Å². The third-order valence-electron chi connectivity index (χ3n) is 2.61. The van der Waals surface area contributed by atoms with E-state index in [0.717, 1.165) is 0 Å². The summed E-state index contributed by atoms with van der Waals surface area (Å²) in [7, 11) is 0. The zero-order valence-corrected chi connectivity index (χ0v) is 11.2. The average molecular weight is 271 g/mol. The average Bonchev–Trinajstić information content (AvgIpc) is 2.18. The molecule has 0 aliphatic heterocycles. The molecule has 1 aromatic carbocycles. The van der Waals surface area contributed by atoms with Gasteiger partial charge in [-0.05, 0) is 0 Å². The van der Waals surface area contributed by atoms with Crippen molar-refractivity contribution >= 4 is 23.0 Å². The monoisotopic (exact) mass is 270 g/mol. The summed E-state index contributed by atoms with van der Waals surface area (Å²) in [6.45, 7) is 4.59. The SMILES string of the molecule is CC[C]([SbH2])(CC)c1ccccc1. The summed E-state index contributed by atoms with van der Waals surface area (Å²) in [5.41, 5.74) is 1.53. The van der Waals surface area contributed by atoms with Gasteiger partial charge in [-0.2, -0.15) is 0 Å². The summed E-state index contributed by atoms with van der Waals surface area (Å²) >= 11 is 1.33. The molecular weight excluding hydrogens is 254 g/mol. The van der Waals surface area contributed by atoms with Gasteiger partial charge in [-0.3, -0.25) is 0 Å². The molecule has 0 aromatic heterocycles. The Morgan fingerprint density at radius 2 is 1.58 bits per heavy atom. The number of benzene rings is 1. The molecule has 0 aliphatic rings. The third-order valence-corrected chi connectivity index (χ3v) is 5.89. The van der Waals surface area contributed by atoms with Gasteiger partial charge in [0.25, 0.3) is 0 Å². The van der Waals surface area contributed by atoms with Crippen molar-refractivity contribution in [2.24, 2.45) is 0 Å². The third kappa shape index (κ3) is 2.04. The summed E-state index contributed by atoms with van der Waals surface area (Å²) in [4.78, 5) is 0. The molecule has 0 nitrogen and oxygen atoms in total. The fourth-order valence-electron chi connectivity index (χ4n) is 1.43. The molecule has 0 saturated heterocycles. The van der Waals surface area contributed by atoms with Crippen LogP contribution in [0.5, 0.6) is 0 Å². The number of hydrogen-bond acceptors (Lipinski definition) is 0. The Hall–Kier alpha value is 0.0382. The Bertz CT molecular complexity index is 224. The molecule has 0 bridgehead atoms. The second kappa shape index (κ2) is 4.32. The van der Waals surface area contributed by atoms with Gasteiger partial charge in [0.2, 0.25) is 0 Å². The van der Waals surface area contributed by atoms with Gasteiger partial charge in [-0.15, -0.1) is 0 Å². The fourth-order valence-corrected chi connectivity index (χ4v) is 1.98. The normalized spacial score (nSPS) is 11.6. The van der Waals surface area contributed by atoms with Crippen molar-refractivity contribution in [3.8, 4) is 0 Å². The van der Waals surface area contributed by atoms with Gasteiger partial charge in [0.1, 0.15) is 0 Å². The molecule has 0 heterocycles. The second-order valence-corrected chi connectivity index (χ2v) is 6.38. The first-order valence-corrected chi connectivity index (χ1v) is 6.22. The van der Waals surface area contributed by atoms with Crippen LogP contribution in [0.25, 0.3) is 0 Å². The van der Waals surface area contributed by atoms with Crippen molar-refractivity contribution in [1.82, 2.24) is 0 Å². The Balaban J connectivity index is 2.95. The van der Waals surface area contributed by atoms with Crippen molar-refractivity contribution in [2.75, 3.05) is 0 Å². The van der Waals surface area contributed by atoms with Crippen LogP contribution in [-0.2, 0) is 3.36 Å². The molecule has 66 valence electrons. The Morgan fingerprint density at radius 3 is 2.00 bits per heavy atom. The summed E-state index contributed by atoms with van der Waals surface area (Å²) < 4.78 is 0.506. The maximum atomic E-state index is 2.29. The Labute approximate surface area is 88.9 Å². The van der Waals surface area contributed by atoms with E-state index in [9.17, 15) is 0 Å². The molecule has 0 spiro atoms. The molecule has 1 rings (SSSR count). The standard InChI is InChI=1S/C11H15.Sb.2H/c1-3-10(4-2)11-8-6-5-7-9-11;;;/h5-9H,3-4H2,1-2H3;;;. The molecule has 0 unspecified atom stereocenters. The van der Waals surface area contributed by atoms with Gasteiger partial charge in [0.15, 0.2) is 0 Å². The van der Waals surface area contributed by atoms with Crippen LogP contribution in [-0.4, -0.2) is 23.0 Å². The van der Waals surface area contributed by atoms with E-state index < -0.39 is 0 Å². The van der Waals surface area contributed by atoms with Crippen molar-refractivity contribution in [3.05, 3.63) is 35.9 Å². The quantitative estimate of drug-likeness (QED) is 0.740. The molecule has 0 radical (unpaired) electrons. The van der Waals surface area contributed by atoms with E-state index in [1.807, 2.05) is 0 Å². The number of hydrogen-bond donors (Lipinski definition) is 0. The van der Waals surface area contributed by atoms with E-state index in [4.69, 9.17) is 0 Å². The summed E-state index contributed by atoms with van der Waals surface area (Å²) in [6.07, 6.45) is 2.55. The Kier molecular flexibility index (Phi) is 3.65. The first-order valence-electron chi connectivity index (χ1n) is 4.57. The van der Waals surface area contributed by atoms with Gasteiger partial charge in [0.05, 0.1) is 0 Å². The van der Waals surface area contributed by atoms with Crippen molar-refractivity contribution in [1.29, 1.82) is 0 Å². The fraction of sp³-hybridized carbons (Fsp3) is 0.455. The van der Waals surface area contributed by atoms with Gasteiger partial charge in [-0.1, -0.05) is 0 Å². The summed E-state index contributed by atoms with van der Waals surface area (Å²) in [5.74, 6) is 0. The predicted molar refractivity (Wildman–Crippen MR) is 57.2 cm³/mol. The first-order chi connectivity index (χ1) is 5.73. The van der Waals surface area contributed by atoms with Crippen LogP contribution in [0.2, 0.25) is 0 Å². The van der Waals surface area contributed by atoms with E-state index in [2.05, 4.69) is 44.2 Å². The predicted octanol–water partition coefficient (Wildman–Crippen LogP) is 2.33. The van der Waals surface area contributed by atoms with Gasteiger partial charge in [-0.25, -0.2) is 0 Å². The van der Waals surface area contributed by atoms with Crippen LogP contribution in [0, 0.1) is 0 Å².